The molecule has 120 valence electrons. The molecule has 7 heteroatoms. The van der Waals surface area contributed by atoms with E-state index in [-0.39, 0.29) is 21.6 Å². The van der Waals surface area contributed by atoms with E-state index in [4.69, 9.17) is 5.11 Å². The highest BCUT2D eigenvalue weighted by atomic mass is 32.2. The lowest BCUT2D eigenvalue weighted by Gasteiger charge is -2.45. The van der Waals surface area contributed by atoms with Crippen LogP contribution in [0.5, 0.6) is 0 Å². The third kappa shape index (κ3) is 2.30. The summed E-state index contributed by atoms with van der Waals surface area (Å²) >= 11 is 1.52. The smallest absolute Gasteiger partial charge is 0.335 e. The van der Waals surface area contributed by atoms with E-state index >= 15 is 0 Å². The van der Waals surface area contributed by atoms with Crippen molar-refractivity contribution >= 4 is 23.6 Å². The van der Waals surface area contributed by atoms with Gasteiger partial charge in [-0.05, 0) is 31.5 Å². The Balaban J connectivity index is 1.82. The fraction of sp³-hybridized carbons (Fsp3) is 0.438. The van der Waals surface area contributed by atoms with Crippen LogP contribution >= 0.6 is 11.8 Å². The number of nitriles is 1. The zero-order chi connectivity index (χ0) is 16.9. The molecule has 6 nitrogen and oxygen atoms in total. The highest BCUT2D eigenvalue weighted by Gasteiger charge is 2.63. The number of carbonyl (C=O) groups is 2. The number of nitrogens with zero attached hydrogens (tertiary/aromatic N) is 2. The number of carbonyl (C=O) groups excluding carboxylic acids is 1. The molecule has 0 aromatic heterocycles. The zero-order valence-electron chi connectivity index (χ0n) is 12.6. The topological polar surface area (TPSA) is 102 Å². The molecule has 3 rings (SSSR count). The Labute approximate surface area is 137 Å². The highest BCUT2D eigenvalue weighted by molar-refractivity contribution is 8.01. The van der Waals surface area contributed by atoms with E-state index in [0.717, 1.165) is 0 Å². The van der Waals surface area contributed by atoms with Crippen LogP contribution in [0.4, 0.5) is 0 Å². The van der Waals surface area contributed by atoms with Crippen molar-refractivity contribution in [3.8, 4) is 6.07 Å². The molecule has 2 aliphatic rings. The molecular formula is C16H16N2O4S. The largest absolute Gasteiger partial charge is 0.478 e. The van der Waals surface area contributed by atoms with Gasteiger partial charge in [0.1, 0.15) is 6.04 Å². The molecule has 0 saturated carbocycles. The van der Waals surface area contributed by atoms with E-state index in [1.165, 1.54) is 36.0 Å². The molecule has 2 heterocycles. The molecule has 0 bridgehead atoms. The van der Waals surface area contributed by atoms with E-state index in [9.17, 15) is 20.0 Å². The van der Waals surface area contributed by atoms with Gasteiger partial charge in [-0.25, -0.2) is 4.79 Å². The van der Waals surface area contributed by atoms with E-state index in [1.54, 1.807) is 4.90 Å². The zero-order valence-corrected chi connectivity index (χ0v) is 13.4. The summed E-state index contributed by atoms with van der Waals surface area (Å²) in [6, 6.07) is 7.54. The fourth-order valence-corrected chi connectivity index (χ4v) is 4.83. The Morgan fingerprint density at radius 3 is 2.52 bits per heavy atom. The third-order valence-corrected chi connectivity index (χ3v) is 6.04. The van der Waals surface area contributed by atoms with Gasteiger partial charge in [0.05, 0.1) is 29.0 Å². The first-order valence-electron chi connectivity index (χ1n) is 7.19. The number of aliphatic hydroxyl groups is 1. The van der Waals surface area contributed by atoms with E-state index < -0.39 is 24.0 Å². The number of thioether (sulfide) groups is 1. The molecule has 0 aliphatic carbocycles. The maximum atomic E-state index is 12.4. The van der Waals surface area contributed by atoms with Crippen LogP contribution in [-0.4, -0.2) is 43.2 Å². The molecular weight excluding hydrogens is 316 g/mol. The second-order valence-electron chi connectivity index (χ2n) is 6.29. The van der Waals surface area contributed by atoms with Crippen LogP contribution in [0.15, 0.2) is 24.3 Å². The molecule has 23 heavy (non-hydrogen) atoms. The van der Waals surface area contributed by atoms with Gasteiger partial charge in [-0.2, -0.15) is 5.26 Å². The normalized spacial score (nSPS) is 29.4. The first-order valence-corrected chi connectivity index (χ1v) is 8.07. The first kappa shape index (κ1) is 15.8. The monoisotopic (exact) mass is 332 g/mol. The number of hydrogen-bond donors (Lipinski definition) is 2. The quantitative estimate of drug-likeness (QED) is 0.816. The van der Waals surface area contributed by atoms with Crippen LogP contribution in [0.25, 0.3) is 0 Å². The Hall–Kier alpha value is -2.04. The van der Waals surface area contributed by atoms with Crippen molar-refractivity contribution in [3.63, 3.8) is 0 Å². The number of benzene rings is 1. The summed E-state index contributed by atoms with van der Waals surface area (Å²) in [5.74, 6) is -1.87. The minimum absolute atomic E-state index is 0.128. The van der Waals surface area contributed by atoms with Crippen LogP contribution in [0.2, 0.25) is 0 Å². The molecule has 2 fully saturated rings. The number of carboxylic acid groups (broad SMARTS) is 1. The molecule has 1 amide bonds. The molecule has 1 aromatic rings. The van der Waals surface area contributed by atoms with Crippen LogP contribution in [-0.2, 0) is 4.79 Å². The van der Waals surface area contributed by atoms with Crippen LogP contribution < -0.4 is 0 Å². The summed E-state index contributed by atoms with van der Waals surface area (Å²) in [5, 5.41) is 28.5. The minimum Gasteiger partial charge on any atom is -0.478 e. The van der Waals surface area contributed by atoms with Crippen molar-refractivity contribution in [2.75, 3.05) is 0 Å². The van der Waals surface area contributed by atoms with Gasteiger partial charge in [0.25, 0.3) is 0 Å². The molecule has 0 spiro atoms. The second-order valence-corrected chi connectivity index (χ2v) is 8.06. The number of amides is 1. The number of carboxylic acids is 1. The van der Waals surface area contributed by atoms with Crippen LogP contribution in [0, 0.1) is 17.2 Å². The summed E-state index contributed by atoms with van der Waals surface area (Å²) in [6.45, 7) is 3.84. The fourth-order valence-electron chi connectivity index (χ4n) is 3.16. The van der Waals surface area contributed by atoms with Crippen molar-refractivity contribution in [1.82, 2.24) is 4.90 Å². The lowest BCUT2D eigenvalue weighted by Crippen LogP contribution is -2.61. The molecule has 1 aromatic carbocycles. The average Bonchev–Trinajstić information content (AvgIpc) is 2.74. The van der Waals surface area contributed by atoms with Gasteiger partial charge >= 0.3 is 5.97 Å². The van der Waals surface area contributed by atoms with Gasteiger partial charge in [-0.1, -0.05) is 12.1 Å². The number of β-lactam (4-membered cyclic amide) rings is 1. The lowest BCUT2D eigenvalue weighted by molar-refractivity contribution is -0.159. The molecule has 2 N–H and O–H groups in total. The maximum absolute atomic E-state index is 12.4. The number of hydrogen-bond acceptors (Lipinski definition) is 5. The van der Waals surface area contributed by atoms with Gasteiger partial charge in [-0.15, -0.1) is 11.8 Å². The van der Waals surface area contributed by atoms with Gasteiger partial charge in [0, 0.05) is 4.75 Å². The molecule has 4 atom stereocenters. The standard InChI is InChI=1S/C16H16N2O4S/c1-16(2)10(7-17)18-13(20)11(14(18)23-16)12(19)8-3-5-9(6-4-8)15(21)22/h3-6,10-12,14,19H,1-2H3,(H,21,22)/t10-,11-,12?,14-/m0/s1. The predicted molar refractivity (Wildman–Crippen MR) is 83.6 cm³/mol. The number of fused-ring (bicyclic) bond motifs is 1. The average molecular weight is 332 g/mol. The minimum atomic E-state index is -1.04. The van der Waals surface area contributed by atoms with Crippen molar-refractivity contribution in [1.29, 1.82) is 5.26 Å². The third-order valence-electron chi connectivity index (χ3n) is 4.44. The van der Waals surface area contributed by atoms with Gasteiger partial charge in [-0.3, -0.25) is 4.79 Å². The summed E-state index contributed by atoms with van der Waals surface area (Å²) in [5.41, 5.74) is 0.634. The van der Waals surface area contributed by atoms with E-state index in [1.807, 2.05) is 13.8 Å². The number of aromatic carboxylic acids is 1. The van der Waals surface area contributed by atoms with Gasteiger partial charge in [0.15, 0.2) is 0 Å². The van der Waals surface area contributed by atoms with E-state index in [2.05, 4.69) is 6.07 Å². The number of aliphatic hydroxyl groups excluding tert-OH is 1. The van der Waals surface area contributed by atoms with Crippen LogP contribution in [0.1, 0.15) is 35.9 Å². The second kappa shape index (κ2) is 5.25. The van der Waals surface area contributed by atoms with Crippen LogP contribution in [0.3, 0.4) is 0 Å². The molecule has 1 unspecified atom stereocenters. The van der Waals surface area contributed by atoms with Crippen molar-refractivity contribution in [2.24, 2.45) is 5.92 Å². The maximum Gasteiger partial charge on any atom is 0.335 e. The Kier molecular flexibility index (Phi) is 3.62. The van der Waals surface area contributed by atoms with Crippen molar-refractivity contribution in [2.45, 2.75) is 36.1 Å². The summed E-state index contributed by atoms with van der Waals surface area (Å²) in [4.78, 5) is 24.8. The Morgan fingerprint density at radius 2 is 2.00 bits per heavy atom. The summed E-state index contributed by atoms with van der Waals surface area (Å²) in [6.07, 6.45) is -1.01. The Morgan fingerprint density at radius 1 is 1.39 bits per heavy atom. The Bertz CT molecular complexity index is 710. The van der Waals surface area contributed by atoms with Gasteiger partial charge in [0.2, 0.25) is 5.91 Å². The lowest BCUT2D eigenvalue weighted by atomic mass is 9.85. The predicted octanol–water partition coefficient (Wildman–Crippen LogP) is 1.62. The highest BCUT2D eigenvalue weighted by Crippen LogP contribution is 2.55. The van der Waals surface area contributed by atoms with E-state index in [0.29, 0.717) is 5.56 Å². The van der Waals surface area contributed by atoms with Crippen molar-refractivity contribution in [3.05, 3.63) is 35.4 Å². The molecule has 2 aliphatic heterocycles. The van der Waals surface area contributed by atoms with Gasteiger partial charge < -0.3 is 15.1 Å². The van der Waals surface area contributed by atoms with Crippen molar-refractivity contribution < 1.29 is 19.8 Å². The SMILES string of the molecule is CC1(C)S[C@H]2[C@@H](C(O)c3ccc(C(=O)O)cc3)C(=O)N2[C@H]1C#N. The molecule has 2 saturated heterocycles. The molecule has 0 radical (unpaired) electrons. The number of rotatable bonds is 3. The first-order chi connectivity index (χ1) is 10.8. The summed E-state index contributed by atoms with van der Waals surface area (Å²) in [7, 11) is 0. The summed E-state index contributed by atoms with van der Waals surface area (Å²) < 4.78 is -0.378.